The van der Waals surface area contributed by atoms with Gasteiger partial charge in [-0.1, -0.05) is 0 Å². The van der Waals surface area contributed by atoms with Crippen LogP contribution in [0.5, 0.6) is 0 Å². The van der Waals surface area contributed by atoms with Crippen LogP contribution >= 0.6 is 0 Å². The fourth-order valence-corrected chi connectivity index (χ4v) is 3.51. The van der Waals surface area contributed by atoms with Gasteiger partial charge in [-0.25, -0.2) is 0 Å². The van der Waals surface area contributed by atoms with Gasteiger partial charge in [0, 0.05) is 58.7 Å². The lowest BCUT2D eigenvalue weighted by atomic mass is 9.98. The van der Waals surface area contributed by atoms with Gasteiger partial charge in [0.1, 0.15) is 0 Å². The van der Waals surface area contributed by atoms with Gasteiger partial charge in [0.25, 0.3) is 0 Å². The molecule has 2 saturated heterocycles. The molecule has 0 saturated carbocycles. The Morgan fingerprint density at radius 3 is 2.41 bits per heavy atom. The highest BCUT2D eigenvalue weighted by Gasteiger charge is 2.29. The number of rotatable bonds is 4. The van der Waals surface area contributed by atoms with Crippen LogP contribution in [0.25, 0.3) is 0 Å². The Balaban J connectivity index is 1.81. The first-order valence-corrected chi connectivity index (χ1v) is 8.42. The summed E-state index contributed by atoms with van der Waals surface area (Å²) < 4.78 is 0. The maximum atomic E-state index is 12.5. The van der Waals surface area contributed by atoms with Gasteiger partial charge in [0.05, 0.1) is 6.10 Å². The van der Waals surface area contributed by atoms with Gasteiger partial charge in [0.15, 0.2) is 0 Å². The average molecular weight is 311 g/mol. The molecule has 6 heteroatoms. The van der Waals surface area contributed by atoms with Crippen molar-refractivity contribution in [1.29, 1.82) is 0 Å². The molecule has 2 atom stereocenters. The number of hydrogen-bond donors (Lipinski definition) is 1. The number of hydrogen-bond acceptors (Lipinski definition) is 4. The predicted molar refractivity (Wildman–Crippen MR) is 84.3 cm³/mol. The van der Waals surface area contributed by atoms with E-state index in [1.165, 1.54) is 0 Å². The van der Waals surface area contributed by atoms with Gasteiger partial charge in [-0.3, -0.25) is 14.5 Å². The van der Waals surface area contributed by atoms with Crippen molar-refractivity contribution >= 4 is 11.8 Å². The maximum absolute atomic E-state index is 12.5. The Morgan fingerprint density at radius 1 is 1.14 bits per heavy atom. The second-order valence-corrected chi connectivity index (χ2v) is 6.60. The second-order valence-electron chi connectivity index (χ2n) is 6.60. The predicted octanol–water partition coefficient (Wildman–Crippen LogP) is 0.303. The Kier molecular flexibility index (Phi) is 6.20. The number of piperazine rings is 1. The molecule has 22 heavy (non-hydrogen) atoms. The summed E-state index contributed by atoms with van der Waals surface area (Å²) in [5, 5.41) is 9.42. The highest BCUT2D eigenvalue weighted by atomic mass is 16.3. The third-order valence-electron chi connectivity index (χ3n) is 4.69. The first kappa shape index (κ1) is 17.2. The molecule has 0 aliphatic carbocycles. The second kappa shape index (κ2) is 7.92. The first-order chi connectivity index (χ1) is 10.5. The molecule has 6 nitrogen and oxygen atoms in total. The summed E-state index contributed by atoms with van der Waals surface area (Å²) in [6.45, 7) is 7.92. The lowest BCUT2D eigenvalue weighted by Crippen LogP contribution is -2.52. The molecule has 0 unspecified atom stereocenters. The molecule has 1 N–H and O–H groups in total. The molecule has 2 aliphatic heterocycles. The van der Waals surface area contributed by atoms with Crippen LogP contribution in [-0.2, 0) is 9.59 Å². The molecule has 0 bridgehead atoms. The van der Waals surface area contributed by atoms with Crippen molar-refractivity contribution in [2.24, 2.45) is 0 Å². The van der Waals surface area contributed by atoms with Crippen LogP contribution in [-0.4, -0.2) is 83.0 Å². The lowest BCUT2D eigenvalue weighted by molar-refractivity contribution is -0.138. The Labute approximate surface area is 133 Å². The van der Waals surface area contributed by atoms with Crippen LogP contribution in [0.1, 0.15) is 39.5 Å². The Hall–Kier alpha value is -1.14. The van der Waals surface area contributed by atoms with E-state index in [9.17, 15) is 14.7 Å². The summed E-state index contributed by atoms with van der Waals surface area (Å²) in [7, 11) is 0. The van der Waals surface area contributed by atoms with Gasteiger partial charge in [-0.05, 0) is 26.2 Å². The number of aliphatic hydroxyl groups is 1. The van der Waals surface area contributed by atoms with Crippen molar-refractivity contribution < 1.29 is 14.7 Å². The first-order valence-electron chi connectivity index (χ1n) is 8.42. The van der Waals surface area contributed by atoms with E-state index >= 15 is 0 Å². The summed E-state index contributed by atoms with van der Waals surface area (Å²) in [6, 6.07) is 0.0780. The number of amides is 2. The standard InChI is InChI=1S/C16H29N3O3/c1-13(20)12-17-7-9-18(10-8-17)16(22)11-15-5-3-4-6-19(15)14(2)21/h13,15,20H,3-12H2,1-2H3/t13-,15+/m1/s1. The van der Waals surface area contributed by atoms with Gasteiger partial charge in [-0.2, -0.15) is 0 Å². The van der Waals surface area contributed by atoms with E-state index < -0.39 is 0 Å². The quantitative estimate of drug-likeness (QED) is 0.811. The molecule has 0 aromatic heterocycles. The van der Waals surface area contributed by atoms with E-state index in [4.69, 9.17) is 0 Å². The van der Waals surface area contributed by atoms with E-state index in [-0.39, 0.29) is 24.0 Å². The fraction of sp³-hybridized carbons (Fsp3) is 0.875. The molecule has 2 fully saturated rings. The highest BCUT2D eigenvalue weighted by Crippen LogP contribution is 2.21. The summed E-state index contributed by atoms with van der Waals surface area (Å²) in [6.07, 6.45) is 3.21. The minimum Gasteiger partial charge on any atom is -0.392 e. The van der Waals surface area contributed by atoms with Crippen LogP contribution in [0.15, 0.2) is 0 Å². The molecule has 2 heterocycles. The summed E-state index contributed by atoms with van der Waals surface area (Å²) in [4.78, 5) is 30.1. The van der Waals surface area contributed by atoms with Crippen molar-refractivity contribution in [3.8, 4) is 0 Å². The minimum absolute atomic E-state index is 0.0780. The zero-order valence-corrected chi connectivity index (χ0v) is 13.8. The van der Waals surface area contributed by atoms with Gasteiger partial charge >= 0.3 is 0 Å². The van der Waals surface area contributed by atoms with Crippen LogP contribution in [0.3, 0.4) is 0 Å². The number of carbonyl (C=O) groups excluding carboxylic acids is 2. The number of β-amino-alcohol motifs (C(OH)–C–C–N with tert-alkyl or cyclic N) is 1. The monoisotopic (exact) mass is 311 g/mol. The van der Waals surface area contributed by atoms with Gasteiger partial charge < -0.3 is 14.9 Å². The number of piperidine rings is 1. The summed E-state index contributed by atoms with van der Waals surface area (Å²) in [5.41, 5.74) is 0. The minimum atomic E-state index is -0.325. The normalized spacial score (nSPS) is 25.1. The van der Waals surface area contributed by atoms with Crippen molar-refractivity contribution in [3.05, 3.63) is 0 Å². The number of aliphatic hydroxyl groups excluding tert-OH is 1. The SMILES string of the molecule is CC(=O)N1CCCC[C@H]1CC(=O)N1CCN(C[C@@H](C)O)CC1. The third kappa shape index (κ3) is 4.68. The molecular formula is C16H29N3O3. The fourth-order valence-electron chi connectivity index (χ4n) is 3.51. The third-order valence-corrected chi connectivity index (χ3v) is 4.69. The van der Waals surface area contributed by atoms with E-state index in [1.54, 1.807) is 13.8 Å². The molecule has 2 rings (SSSR count). The molecular weight excluding hydrogens is 282 g/mol. The molecule has 0 aromatic carbocycles. The van der Waals surface area contributed by atoms with Gasteiger partial charge in [0.2, 0.25) is 11.8 Å². The highest BCUT2D eigenvalue weighted by molar-refractivity contribution is 5.79. The largest absolute Gasteiger partial charge is 0.392 e. The summed E-state index contributed by atoms with van der Waals surface area (Å²) >= 11 is 0. The van der Waals surface area contributed by atoms with Crippen molar-refractivity contribution in [2.45, 2.75) is 51.7 Å². The van der Waals surface area contributed by atoms with Crippen LogP contribution in [0.2, 0.25) is 0 Å². The molecule has 0 radical (unpaired) electrons. The summed E-state index contributed by atoms with van der Waals surface area (Å²) in [5.74, 6) is 0.245. The Bertz CT molecular complexity index is 392. The average Bonchev–Trinajstić information content (AvgIpc) is 2.47. The topological polar surface area (TPSA) is 64.1 Å². The molecule has 126 valence electrons. The van der Waals surface area contributed by atoms with Crippen LogP contribution < -0.4 is 0 Å². The van der Waals surface area contributed by atoms with Crippen LogP contribution in [0.4, 0.5) is 0 Å². The molecule has 0 aromatic rings. The van der Waals surface area contributed by atoms with Crippen molar-refractivity contribution in [1.82, 2.24) is 14.7 Å². The van der Waals surface area contributed by atoms with Gasteiger partial charge in [-0.15, -0.1) is 0 Å². The molecule has 2 amide bonds. The van der Waals surface area contributed by atoms with Crippen molar-refractivity contribution in [2.75, 3.05) is 39.3 Å². The number of nitrogens with zero attached hydrogens (tertiary/aromatic N) is 3. The van der Waals surface area contributed by atoms with E-state index in [2.05, 4.69) is 4.90 Å². The van der Waals surface area contributed by atoms with E-state index in [0.717, 1.165) is 52.0 Å². The van der Waals surface area contributed by atoms with E-state index in [1.807, 2.05) is 9.80 Å². The zero-order chi connectivity index (χ0) is 16.1. The number of likely N-dealkylation sites (tertiary alicyclic amines) is 1. The molecule has 0 spiro atoms. The lowest BCUT2D eigenvalue weighted by Gasteiger charge is -2.38. The zero-order valence-electron chi connectivity index (χ0n) is 13.8. The molecule has 2 aliphatic rings. The van der Waals surface area contributed by atoms with Crippen LogP contribution in [0, 0.1) is 0 Å². The Morgan fingerprint density at radius 2 is 1.82 bits per heavy atom. The maximum Gasteiger partial charge on any atom is 0.224 e. The number of carbonyl (C=O) groups is 2. The smallest absolute Gasteiger partial charge is 0.224 e. The van der Waals surface area contributed by atoms with Crippen molar-refractivity contribution in [3.63, 3.8) is 0 Å². The van der Waals surface area contributed by atoms with E-state index in [0.29, 0.717) is 13.0 Å².